The minimum absolute atomic E-state index is 0.231. The Morgan fingerprint density at radius 2 is 2.07 bits per heavy atom. The van der Waals surface area contributed by atoms with Crippen molar-refractivity contribution in [1.82, 2.24) is 15.5 Å². The average Bonchev–Trinajstić information content (AvgIpc) is 3.16. The zero-order valence-corrected chi connectivity index (χ0v) is 17.1. The largest absolute Gasteiger partial charge is 0.497 e. The molecule has 0 aliphatic carbocycles. The Balaban J connectivity index is 1.84. The van der Waals surface area contributed by atoms with E-state index >= 15 is 0 Å². The number of carbonyl (C=O) groups excluding carboxylic acids is 1. The van der Waals surface area contributed by atoms with Crippen LogP contribution in [0.5, 0.6) is 5.75 Å². The van der Waals surface area contributed by atoms with Gasteiger partial charge in [-0.15, -0.1) is 0 Å². The molecule has 2 atom stereocenters. The lowest BCUT2D eigenvalue weighted by molar-refractivity contribution is -0.129. The quantitative estimate of drug-likeness (QED) is 0.542. The fourth-order valence-electron chi connectivity index (χ4n) is 3.31. The van der Waals surface area contributed by atoms with E-state index in [9.17, 15) is 4.79 Å². The SMILES string of the molecule is CCNC(=NCCC(C)c1ccc(OC)cc1)NC1CCN(C(=O)CC)C1. The van der Waals surface area contributed by atoms with Crippen LogP contribution in [-0.4, -0.2) is 56.1 Å². The Labute approximate surface area is 163 Å². The van der Waals surface area contributed by atoms with Crippen LogP contribution in [0, 0.1) is 0 Å². The number of carbonyl (C=O) groups is 1. The number of ether oxygens (including phenoxy) is 1. The summed E-state index contributed by atoms with van der Waals surface area (Å²) in [6.45, 7) is 9.38. The van der Waals surface area contributed by atoms with Crippen molar-refractivity contribution in [3.05, 3.63) is 29.8 Å². The van der Waals surface area contributed by atoms with E-state index in [4.69, 9.17) is 9.73 Å². The Bertz CT molecular complexity index is 615. The molecule has 1 aliphatic rings. The molecule has 1 saturated heterocycles. The molecule has 0 aromatic heterocycles. The first kappa shape index (κ1) is 21.1. The van der Waals surface area contributed by atoms with E-state index < -0.39 is 0 Å². The maximum atomic E-state index is 11.8. The molecule has 2 rings (SSSR count). The van der Waals surface area contributed by atoms with Crippen LogP contribution in [0.3, 0.4) is 0 Å². The average molecular weight is 375 g/mol. The van der Waals surface area contributed by atoms with Gasteiger partial charge in [0.25, 0.3) is 0 Å². The second-order valence-corrected chi connectivity index (χ2v) is 7.05. The topological polar surface area (TPSA) is 66.0 Å². The van der Waals surface area contributed by atoms with Crippen LogP contribution in [-0.2, 0) is 4.79 Å². The third-order valence-electron chi connectivity index (χ3n) is 5.05. The van der Waals surface area contributed by atoms with E-state index in [0.717, 1.165) is 50.7 Å². The fraction of sp³-hybridized carbons (Fsp3) is 0.619. The van der Waals surface area contributed by atoms with E-state index in [1.54, 1.807) is 7.11 Å². The molecule has 1 aromatic rings. The first-order valence-corrected chi connectivity index (χ1v) is 10.0. The summed E-state index contributed by atoms with van der Waals surface area (Å²) in [5, 5.41) is 6.80. The van der Waals surface area contributed by atoms with E-state index in [2.05, 4.69) is 36.6 Å². The molecule has 0 saturated carbocycles. The molecule has 6 heteroatoms. The van der Waals surface area contributed by atoms with E-state index in [-0.39, 0.29) is 11.9 Å². The van der Waals surface area contributed by atoms with Gasteiger partial charge < -0.3 is 20.3 Å². The van der Waals surface area contributed by atoms with Crippen LogP contribution in [0.15, 0.2) is 29.3 Å². The van der Waals surface area contributed by atoms with Gasteiger partial charge in [-0.2, -0.15) is 0 Å². The highest BCUT2D eigenvalue weighted by atomic mass is 16.5. The monoisotopic (exact) mass is 374 g/mol. The molecule has 1 aliphatic heterocycles. The number of rotatable bonds is 8. The molecule has 27 heavy (non-hydrogen) atoms. The van der Waals surface area contributed by atoms with Gasteiger partial charge in [-0.05, 0) is 43.4 Å². The van der Waals surface area contributed by atoms with Crippen LogP contribution in [0.1, 0.15) is 51.5 Å². The molecule has 2 unspecified atom stereocenters. The van der Waals surface area contributed by atoms with Crippen molar-refractivity contribution in [1.29, 1.82) is 0 Å². The summed E-state index contributed by atoms with van der Waals surface area (Å²) < 4.78 is 5.22. The first-order chi connectivity index (χ1) is 13.1. The lowest BCUT2D eigenvalue weighted by Gasteiger charge is -2.19. The number of nitrogens with one attached hydrogen (secondary N) is 2. The summed E-state index contributed by atoms with van der Waals surface area (Å²) in [7, 11) is 1.68. The maximum Gasteiger partial charge on any atom is 0.222 e. The predicted octanol–water partition coefficient (Wildman–Crippen LogP) is 2.75. The smallest absolute Gasteiger partial charge is 0.222 e. The van der Waals surface area contributed by atoms with E-state index in [1.165, 1.54) is 5.56 Å². The van der Waals surface area contributed by atoms with Crippen molar-refractivity contribution in [2.75, 3.05) is 33.3 Å². The minimum atomic E-state index is 0.231. The summed E-state index contributed by atoms with van der Waals surface area (Å²) in [4.78, 5) is 18.5. The molecule has 6 nitrogen and oxygen atoms in total. The standard InChI is InChI=1S/C21H34N4O2/c1-5-20(26)25-14-12-18(15-25)24-21(22-6-2)23-13-11-16(3)17-7-9-19(27-4)10-8-17/h7-10,16,18H,5-6,11-15H2,1-4H3,(H2,22,23,24). The number of hydrogen-bond acceptors (Lipinski definition) is 3. The Hall–Kier alpha value is -2.24. The van der Waals surface area contributed by atoms with E-state index in [1.807, 2.05) is 24.0 Å². The van der Waals surface area contributed by atoms with Gasteiger partial charge in [-0.1, -0.05) is 26.0 Å². The zero-order chi connectivity index (χ0) is 19.6. The highest BCUT2D eigenvalue weighted by molar-refractivity contribution is 5.80. The molecular formula is C21H34N4O2. The molecule has 1 amide bonds. The van der Waals surface area contributed by atoms with Crippen molar-refractivity contribution in [2.45, 2.75) is 52.0 Å². The third kappa shape index (κ3) is 6.45. The molecule has 0 bridgehead atoms. The Kier molecular flexibility index (Phi) is 8.43. The third-order valence-corrected chi connectivity index (χ3v) is 5.05. The molecule has 150 valence electrons. The predicted molar refractivity (Wildman–Crippen MR) is 110 cm³/mol. The van der Waals surface area contributed by atoms with Crippen molar-refractivity contribution in [3.63, 3.8) is 0 Å². The lowest BCUT2D eigenvalue weighted by atomic mass is 9.98. The minimum Gasteiger partial charge on any atom is -0.497 e. The number of guanidine groups is 1. The van der Waals surface area contributed by atoms with Crippen molar-refractivity contribution in [3.8, 4) is 5.75 Å². The molecule has 0 spiro atoms. The number of methoxy groups -OCH3 is 1. The first-order valence-electron chi connectivity index (χ1n) is 10.0. The summed E-state index contributed by atoms with van der Waals surface area (Å²) >= 11 is 0. The number of nitrogens with zero attached hydrogens (tertiary/aromatic N) is 2. The molecule has 0 radical (unpaired) electrons. The Morgan fingerprint density at radius 3 is 2.70 bits per heavy atom. The number of likely N-dealkylation sites (tertiary alicyclic amines) is 1. The van der Waals surface area contributed by atoms with Gasteiger partial charge in [0.2, 0.25) is 5.91 Å². The van der Waals surface area contributed by atoms with Crippen LogP contribution in [0.2, 0.25) is 0 Å². The van der Waals surface area contributed by atoms with Crippen molar-refractivity contribution in [2.24, 2.45) is 4.99 Å². The summed E-state index contributed by atoms with van der Waals surface area (Å²) in [6.07, 6.45) is 2.52. The molecule has 1 heterocycles. The summed E-state index contributed by atoms with van der Waals surface area (Å²) in [5.74, 6) is 2.39. The highest BCUT2D eigenvalue weighted by Gasteiger charge is 2.25. The Morgan fingerprint density at radius 1 is 1.33 bits per heavy atom. The highest BCUT2D eigenvalue weighted by Crippen LogP contribution is 2.21. The number of amides is 1. The van der Waals surface area contributed by atoms with Crippen LogP contribution >= 0.6 is 0 Å². The van der Waals surface area contributed by atoms with Gasteiger partial charge in [0.05, 0.1) is 7.11 Å². The summed E-state index contributed by atoms with van der Waals surface area (Å²) in [5.41, 5.74) is 1.30. The van der Waals surface area contributed by atoms with Gasteiger partial charge in [-0.3, -0.25) is 9.79 Å². The van der Waals surface area contributed by atoms with Crippen LogP contribution in [0.4, 0.5) is 0 Å². The normalized spacial score (nSPS) is 18.3. The van der Waals surface area contributed by atoms with Gasteiger partial charge in [-0.25, -0.2) is 0 Å². The molecule has 1 fully saturated rings. The molecule has 2 N–H and O–H groups in total. The van der Waals surface area contributed by atoms with Gasteiger partial charge in [0.1, 0.15) is 5.75 Å². The van der Waals surface area contributed by atoms with Crippen LogP contribution in [0.25, 0.3) is 0 Å². The number of aliphatic imine (C=N–C) groups is 1. The molecular weight excluding hydrogens is 340 g/mol. The number of benzene rings is 1. The van der Waals surface area contributed by atoms with Gasteiger partial charge in [0, 0.05) is 38.6 Å². The second kappa shape index (κ2) is 10.8. The second-order valence-electron chi connectivity index (χ2n) is 7.05. The van der Waals surface area contributed by atoms with Gasteiger partial charge in [0.15, 0.2) is 5.96 Å². The van der Waals surface area contributed by atoms with Gasteiger partial charge >= 0.3 is 0 Å². The maximum absolute atomic E-state index is 11.8. The lowest BCUT2D eigenvalue weighted by Crippen LogP contribution is -2.45. The van der Waals surface area contributed by atoms with Crippen molar-refractivity contribution < 1.29 is 9.53 Å². The fourth-order valence-corrected chi connectivity index (χ4v) is 3.31. The number of hydrogen-bond donors (Lipinski definition) is 2. The molecule has 1 aromatic carbocycles. The van der Waals surface area contributed by atoms with E-state index in [0.29, 0.717) is 12.3 Å². The zero-order valence-electron chi connectivity index (χ0n) is 17.1. The summed E-state index contributed by atoms with van der Waals surface area (Å²) in [6, 6.07) is 8.52. The van der Waals surface area contributed by atoms with Crippen molar-refractivity contribution >= 4 is 11.9 Å². The van der Waals surface area contributed by atoms with Crippen LogP contribution < -0.4 is 15.4 Å².